The second kappa shape index (κ2) is 7.41. The Balaban J connectivity index is 1.64. The highest BCUT2D eigenvalue weighted by Gasteiger charge is 2.27. The summed E-state index contributed by atoms with van der Waals surface area (Å²) in [6.07, 6.45) is 2.49. The van der Waals surface area contributed by atoms with E-state index in [1.165, 1.54) is 0 Å². The summed E-state index contributed by atoms with van der Waals surface area (Å²) < 4.78 is 1.83. The van der Waals surface area contributed by atoms with Crippen LogP contribution in [0.5, 0.6) is 0 Å². The number of aliphatic hydroxyl groups excluding tert-OH is 1. The zero-order valence-corrected chi connectivity index (χ0v) is 15.4. The normalized spacial score (nSPS) is 15.5. The SMILES string of the molecule is Cc1cc(C)c(C(=O)N2CCC(Cc3nnc(CO)n3C)CC2)c(=O)[nH]1. The summed E-state index contributed by atoms with van der Waals surface area (Å²) in [5, 5.41) is 17.3. The molecule has 3 heterocycles. The first-order valence-electron chi connectivity index (χ1n) is 8.88. The lowest BCUT2D eigenvalue weighted by Crippen LogP contribution is -2.41. The predicted octanol–water partition coefficient (Wildman–Crippen LogP) is 0.707. The van der Waals surface area contributed by atoms with Gasteiger partial charge in [0.15, 0.2) is 5.82 Å². The Morgan fingerprint density at radius 3 is 2.50 bits per heavy atom. The molecule has 8 heteroatoms. The van der Waals surface area contributed by atoms with Gasteiger partial charge in [-0.05, 0) is 44.2 Å². The lowest BCUT2D eigenvalue weighted by molar-refractivity contribution is 0.0687. The van der Waals surface area contributed by atoms with Crippen LogP contribution in [0, 0.1) is 19.8 Å². The van der Waals surface area contributed by atoms with Gasteiger partial charge in [-0.1, -0.05) is 0 Å². The van der Waals surface area contributed by atoms with E-state index in [-0.39, 0.29) is 23.6 Å². The molecule has 1 aliphatic rings. The van der Waals surface area contributed by atoms with Crippen molar-refractivity contribution in [2.75, 3.05) is 13.1 Å². The molecule has 1 amide bonds. The van der Waals surface area contributed by atoms with E-state index in [9.17, 15) is 14.7 Å². The quantitative estimate of drug-likeness (QED) is 0.837. The van der Waals surface area contributed by atoms with Crippen LogP contribution in [0.4, 0.5) is 0 Å². The molecule has 2 aromatic heterocycles. The fourth-order valence-electron chi connectivity index (χ4n) is 3.59. The lowest BCUT2D eigenvalue weighted by atomic mass is 9.92. The predicted molar refractivity (Wildman–Crippen MR) is 95.8 cm³/mol. The number of hydrogen-bond acceptors (Lipinski definition) is 5. The highest BCUT2D eigenvalue weighted by atomic mass is 16.3. The van der Waals surface area contributed by atoms with E-state index in [1.807, 2.05) is 24.6 Å². The van der Waals surface area contributed by atoms with Gasteiger partial charge in [0.1, 0.15) is 18.0 Å². The van der Waals surface area contributed by atoms with Gasteiger partial charge >= 0.3 is 0 Å². The van der Waals surface area contributed by atoms with Crippen LogP contribution in [0.1, 0.15) is 46.1 Å². The van der Waals surface area contributed by atoms with Crippen LogP contribution in [0.3, 0.4) is 0 Å². The summed E-state index contributed by atoms with van der Waals surface area (Å²) in [5.74, 6) is 1.63. The number of carbonyl (C=O) groups is 1. The maximum atomic E-state index is 12.8. The molecule has 26 heavy (non-hydrogen) atoms. The number of aromatic nitrogens is 4. The first-order chi connectivity index (χ1) is 12.4. The minimum Gasteiger partial charge on any atom is -0.388 e. The van der Waals surface area contributed by atoms with Gasteiger partial charge in [-0.15, -0.1) is 10.2 Å². The molecule has 1 fully saturated rings. The molecule has 0 spiro atoms. The molecular weight excluding hydrogens is 334 g/mol. The number of likely N-dealkylation sites (tertiary alicyclic amines) is 1. The van der Waals surface area contributed by atoms with Crippen molar-refractivity contribution in [3.05, 3.63) is 44.9 Å². The molecule has 2 aromatic rings. The van der Waals surface area contributed by atoms with Crippen molar-refractivity contribution in [3.8, 4) is 0 Å². The van der Waals surface area contributed by atoms with Gasteiger partial charge in [0.2, 0.25) is 0 Å². The van der Waals surface area contributed by atoms with Gasteiger partial charge in [0.05, 0.1) is 0 Å². The van der Waals surface area contributed by atoms with Gasteiger partial charge in [0, 0.05) is 32.3 Å². The highest BCUT2D eigenvalue weighted by molar-refractivity contribution is 5.95. The van der Waals surface area contributed by atoms with E-state index in [1.54, 1.807) is 11.8 Å². The van der Waals surface area contributed by atoms with Crippen molar-refractivity contribution >= 4 is 5.91 Å². The lowest BCUT2D eigenvalue weighted by Gasteiger charge is -2.32. The van der Waals surface area contributed by atoms with Crippen LogP contribution in [-0.4, -0.2) is 48.8 Å². The largest absolute Gasteiger partial charge is 0.388 e. The third-order valence-electron chi connectivity index (χ3n) is 5.15. The van der Waals surface area contributed by atoms with Crippen LogP contribution in [0.2, 0.25) is 0 Å². The number of H-pyrrole nitrogens is 1. The van der Waals surface area contributed by atoms with Crippen molar-refractivity contribution in [2.45, 2.75) is 39.7 Å². The Labute approximate surface area is 151 Å². The number of carbonyl (C=O) groups excluding carboxylic acids is 1. The first kappa shape index (κ1) is 18.3. The number of nitrogens with zero attached hydrogens (tertiary/aromatic N) is 4. The molecule has 0 bridgehead atoms. The molecule has 8 nitrogen and oxygen atoms in total. The minimum absolute atomic E-state index is 0.124. The summed E-state index contributed by atoms with van der Waals surface area (Å²) in [4.78, 5) is 29.4. The van der Waals surface area contributed by atoms with Crippen molar-refractivity contribution in [3.63, 3.8) is 0 Å². The number of nitrogens with one attached hydrogen (secondary N) is 1. The molecule has 0 radical (unpaired) electrons. The highest BCUT2D eigenvalue weighted by Crippen LogP contribution is 2.22. The molecule has 140 valence electrons. The summed E-state index contributed by atoms with van der Waals surface area (Å²) in [6, 6.07) is 1.83. The molecular formula is C18H25N5O3. The Kier molecular flexibility index (Phi) is 5.22. The Morgan fingerprint density at radius 1 is 1.27 bits per heavy atom. The summed E-state index contributed by atoms with van der Waals surface area (Å²) in [6.45, 7) is 4.74. The molecule has 0 unspecified atom stereocenters. The third-order valence-corrected chi connectivity index (χ3v) is 5.15. The number of amides is 1. The summed E-state index contributed by atoms with van der Waals surface area (Å²) in [5.41, 5.74) is 1.41. The Hall–Kier alpha value is -2.48. The monoisotopic (exact) mass is 359 g/mol. The van der Waals surface area contributed by atoms with Crippen molar-refractivity contribution in [1.82, 2.24) is 24.6 Å². The zero-order chi connectivity index (χ0) is 18.8. The van der Waals surface area contributed by atoms with E-state index in [2.05, 4.69) is 15.2 Å². The van der Waals surface area contributed by atoms with Crippen LogP contribution in [0.25, 0.3) is 0 Å². The van der Waals surface area contributed by atoms with E-state index in [4.69, 9.17) is 0 Å². The summed E-state index contributed by atoms with van der Waals surface area (Å²) >= 11 is 0. The van der Waals surface area contributed by atoms with Crippen LogP contribution >= 0.6 is 0 Å². The molecule has 0 aromatic carbocycles. The fourth-order valence-corrected chi connectivity index (χ4v) is 3.59. The number of pyridine rings is 1. The maximum Gasteiger partial charge on any atom is 0.261 e. The molecule has 2 N–H and O–H groups in total. The van der Waals surface area contributed by atoms with E-state index in [0.29, 0.717) is 30.4 Å². The molecule has 1 saturated heterocycles. The molecule has 0 atom stereocenters. The topological polar surface area (TPSA) is 104 Å². The van der Waals surface area contributed by atoms with Gasteiger partial charge in [-0.2, -0.15) is 0 Å². The minimum atomic E-state index is -0.315. The van der Waals surface area contributed by atoms with Crippen molar-refractivity contribution in [1.29, 1.82) is 0 Å². The van der Waals surface area contributed by atoms with Gasteiger partial charge in [-0.25, -0.2) is 0 Å². The first-order valence-corrected chi connectivity index (χ1v) is 8.88. The van der Waals surface area contributed by atoms with Crippen LogP contribution < -0.4 is 5.56 Å². The molecule has 0 saturated carbocycles. The number of aryl methyl sites for hydroxylation is 2. The smallest absolute Gasteiger partial charge is 0.261 e. The maximum absolute atomic E-state index is 12.8. The van der Waals surface area contributed by atoms with Crippen molar-refractivity contribution < 1.29 is 9.90 Å². The molecule has 3 rings (SSSR count). The fraction of sp³-hybridized carbons (Fsp3) is 0.556. The van der Waals surface area contributed by atoms with E-state index >= 15 is 0 Å². The second-order valence-corrected chi connectivity index (χ2v) is 7.03. The van der Waals surface area contributed by atoms with Gasteiger partial charge < -0.3 is 19.6 Å². The average molecular weight is 359 g/mol. The van der Waals surface area contributed by atoms with Crippen molar-refractivity contribution in [2.24, 2.45) is 13.0 Å². The van der Waals surface area contributed by atoms with Crippen LogP contribution in [-0.2, 0) is 20.1 Å². The third kappa shape index (κ3) is 3.55. The molecule has 0 aliphatic carbocycles. The number of rotatable bonds is 4. The van der Waals surface area contributed by atoms with E-state index in [0.717, 1.165) is 30.8 Å². The zero-order valence-electron chi connectivity index (χ0n) is 15.4. The average Bonchev–Trinajstić information content (AvgIpc) is 2.94. The second-order valence-electron chi connectivity index (χ2n) is 7.03. The van der Waals surface area contributed by atoms with Gasteiger partial charge in [0.25, 0.3) is 11.5 Å². The molecule has 1 aliphatic heterocycles. The summed E-state index contributed by atoms with van der Waals surface area (Å²) in [7, 11) is 1.85. The Bertz CT molecular complexity index is 862. The number of piperidine rings is 1. The van der Waals surface area contributed by atoms with Crippen LogP contribution in [0.15, 0.2) is 10.9 Å². The van der Waals surface area contributed by atoms with E-state index < -0.39 is 0 Å². The van der Waals surface area contributed by atoms with Gasteiger partial charge in [-0.3, -0.25) is 9.59 Å². The number of aromatic amines is 1. The standard InChI is InChI=1S/C18H25N5O3/c1-11-8-12(2)19-17(25)16(11)18(26)23-6-4-13(5-7-23)9-14-20-21-15(10-24)22(14)3/h8,13,24H,4-7,9-10H2,1-3H3,(H,19,25). The number of aliphatic hydroxyl groups is 1. The number of hydrogen-bond donors (Lipinski definition) is 2. The Morgan fingerprint density at radius 2 is 1.92 bits per heavy atom.